The van der Waals surface area contributed by atoms with Crippen LogP contribution >= 0.6 is 0 Å². The average Bonchev–Trinajstić information content (AvgIpc) is 2.65. The zero-order valence-corrected chi connectivity index (χ0v) is 16.6. The molecular weight excluding hydrogens is 355 g/mol. The molecule has 28 heavy (non-hydrogen) atoms. The highest BCUT2D eigenvalue weighted by Gasteiger charge is 2.19. The minimum Gasteiger partial charge on any atom is -0.507 e. The highest BCUT2D eigenvalue weighted by molar-refractivity contribution is 6.04. The highest BCUT2D eigenvalue weighted by atomic mass is 19.1. The summed E-state index contributed by atoms with van der Waals surface area (Å²) in [6, 6.07) is 6.51. The molecule has 3 aromatic rings. The maximum Gasteiger partial charge on any atom is 0.251 e. The van der Waals surface area contributed by atoms with Crippen molar-refractivity contribution in [2.24, 2.45) is 5.73 Å². The Kier molecular flexibility index (Phi) is 5.38. The second-order valence-corrected chi connectivity index (χ2v) is 7.20. The number of hydrogen-bond acceptors (Lipinski definition) is 3. The van der Waals surface area contributed by atoms with Crippen LogP contribution in [-0.4, -0.2) is 16.6 Å². The molecule has 0 aliphatic heterocycles. The highest BCUT2D eigenvalue weighted by Crippen LogP contribution is 2.40. The number of aryl methyl sites for hydroxylation is 1. The van der Waals surface area contributed by atoms with E-state index < -0.39 is 0 Å². The van der Waals surface area contributed by atoms with Gasteiger partial charge >= 0.3 is 0 Å². The molecule has 1 aromatic heterocycles. The summed E-state index contributed by atoms with van der Waals surface area (Å²) in [5.41, 5.74) is 9.72. The number of fused-ring (bicyclic) bond motifs is 1. The van der Waals surface area contributed by atoms with E-state index >= 15 is 0 Å². The maximum absolute atomic E-state index is 14.8. The van der Waals surface area contributed by atoms with Crippen LogP contribution in [0.3, 0.4) is 0 Å². The zero-order valence-electron chi connectivity index (χ0n) is 16.6. The maximum atomic E-state index is 14.8. The van der Waals surface area contributed by atoms with Gasteiger partial charge in [-0.25, -0.2) is 4.39 Å². The van der Waals surface area contributed by atoms with Crippen molar-refractivity contribution < 1.29 is 9.50 Å². The average molecular weight is 380 g/mol. The van der Waals surface area contributed by atoms with Gasteiger partial charge in [-0.1, -0.05) is 31.2 Å². The molecule has 0 spiro atoms. The van der Waals surface area contributed by atoms with Crippen molar-refractivity contribution in [3.05, 3.63) is 68.8 Å². The van der Waals surface area contributed by atoms with E-state index in [1.807, 2.05) is 32.9 Å². The first-order valence-corrected chi connectivity index (χ1v) is 9.31. The largest absolute Gasteiger partial charge is 0.507 e. The second-order valence-electron chi connectivity index (χ2n) is 7.20. The summed E-state index contributed by atoms with van der Waals surface area (Å²) < 4.78 is 14.8. The lowest BCUT2D eigenvalue weighted by molar-refractivity contribution is 0.477. The first-order valence-electron chi connectivity index (χ1n) is 9.31. The Balaban J connectivity index is 2.43. The molecule has 0 aliphatic carbocycles. The van der Waals surface area contributed by atoms with Gasteiger partial charge in [-0.05, 0) is 67.6 Å². The van der Waals surface area contributed by atoms with Crippen LogP contribution in [0.1, 0.15) is 42.0 Å². The van der Waals surface area contributed by atoms with E-state index in [-0.39, 0.29) is 23.0 Å². The molecule has 0 aliphatic rings. The lowest BCUT2D eigenvalue weighted by Crippen LogP contribution is -2.13. The molecule has 0 bridgehead atoms. The van der Waals surface area contributed by atoms with Gasteiger partial charge in [0.15, 0.2) is 0 Å². The fourth-order valence-electron chi connectivity index (χ4n) is 3.62. The van der Waals surface area contributed by atoms with Crippen LogP contribution in [0.2, 0.25) is 0 Å². The van der Waals surface area contributed by atoms with Crippen molar-refractivity contribution >= 4 is 17.0 Å². The van der Waals surface area contributed by atoms with Gasteiger partial charge in [-0.15, -0.1) is 0 Å². The van der Waals surface area contributed by atoms with Gasteiger partial charge in [0.2, 0.25) is 0 Å². The summed E-state index contributed by atoms with van der Waals surface area (Å²) >= 11 is 0. The number of H-pyrrole nitrogens is 1. The molecule has 4 N–H and O–H groups in total. The minimum atomic E-state index is -0.364. The summed E-state index contributed by atoms with van der Waals surface area (Å²) in [4.78, 5) is 15.3. The van der Waals surface area contributed by atoms with E-state index in [0.717, 1.165) is 11.1 Å². The van der Waals surface area contributed by atoms with E-state index in [0.29, 0.717) is 39.7 Å². The number of hydrogen-bond donors (Lipinski definition) is 3. The number of benzene rings is 2. The van der Waals surface area contributed by atoms with E-state index in [2.05, 4.69) is 4.98 Å². The number of allylic oxidation sites excluding steroid dienone is 1. The van der Waals surface area contributed by atoms with E-state index in [1.54, 1.807) is 25.1 Å². The lowest BCUT2D eigenvalue weighted by Gasteiger charge is -2.17. The summed E-state index contributed by atoms with van der Waals surface area (Å²) in [7, 11) is 0. The van der Waals surface area contributed by atoms with Crippen molar-refractivity contribution in [3.63, 3.8) is 0 Å². The Morgan fingerprint density at radius 3 is 2.61 bits per heavy atom. The van der Waals surface area contributed by atoms with E-state index in [4.69, 9.17) is 5.73 Å². The van der Waals surface area contributed by atoms with Crippen LogP contribution in [-0.2, 0) is 0 Å². The quantitative estimate of drug-likeness (QED) is 0.611. The van der Waals surface area contributed by atoms with Crippen LogP contribution in [0.25, 0.3) is 28.1 Å². The number of phenolic OH excluding ortho intramolecular Hbond substituents is 1. The number of aromatic nitrogens is 1. The van der Waals surface area contributed by atoms with Gasteiger partial charge in [-0.2, -0.15) is 0 Å². The number of aromatic hydroxyl groups is 1. The molecule has 146 valence electrons. The van der Waals surface area contributed by atoms with Crippen molar-refractivity contribution in [2.75, 3.05) is 6.54 Å². The smallest absolute Gasteiger partial charge is 0.251 e. The van der Waals surface area contributed by atoms with E-state index in [1.165, 1.54) is 6.07 Å². The summed E-state index contributed by atoms with van der Waals surface area (Å²) in [5.74, 6) is -0.423. The molecule has 2 aromatic carbocycles. The molecule has 1 heterocycles. The third-order valence-electron chi connectivity index (χ3n) is 5.26. The third kappa shape index (κ3) is 3.22. The minimum absolute atomic E-state index is 0.0428. The number of pyridine rings is 1. The predicted molar refractivity (Wildman–Crippen MR) is 113 cm³/mol. The second kappa shape index (κ2) is 7.60. The lowest BCUT2D eigenvalue weighted by atomic mass is 9.90. The first kappa shape index (κ1) is 19.8. The van der Waals surface area contributed by atoms with E-state index in [9.17, 15) is 14.3 Å². The predicted octanol–water partition coefficient (Wildman–Crippen LogP) is 4.75. The number of nitrogens with one attached hydrogen (secondary N) is 1. The molecular formula is C23H25FN2O2. The van der Waals surface area contributed by atoms with Gasteiger partial charge in [0, 0.05) is 16.5 Å². The summed E-state index contributed by atoms with van der Waals surface area (Å²) in [6.07, 6.45) is 3.69. The first-order chi connectivity index (χ1) is 13.3. The Labute approximate surface area is 163 Å². The van der Waals surface area contributed by atoms with Crippen LogP contribution in [0.5, 0.6) is 5.75 Å². The van der Waals surface area contributed by atoms with Gasteiger partial charge in [-0.3, -0.25) is 4.79 Å². The van der Waals surface area contributed by atoms with Crippen molar-refractivity contribution in [3.8, 4) is 16.9 Å². The number of halogens is 1. The van der Waals surface area contributed by atoms with Crippen LogP contribution in [0.15, 0.2) is 35.1 Å². The molecule has 4 nitrogen and oxygen atoms in total. The Morgan fingerprint density at radius 1 is 1.29 bits per heavy atom. The molecule has 0 fully saturated rings. The summed E-state index contributed by atoms with van der Waals surface area (Å²) in [6.45, 7) is 7.65. The number of aromatic amines is 1. The monoisotopic (exact) mass is 380 g/mol. The van der Waals surface area contributed by atoms with Crippen LogP contribution in [0, 0.1) is 19.7 Å². The van der Waals surface area contributed by atoms with Gasteiger partial charge < -0.3 is 15.8 Å². The van der Waals surface area contributed by atoms with Gasteiger partial charge in [0.1, 0.15) is 11.6 Å². The third-order valence-corrected chi connectivity index (χ3v) is 5.26. The molecule has 0 saturated carbocycles. The fourth-order valence-corrected chi connectivity index (χ4v) is 3.62. The molecule has 5 heteroatoms. The number of nitrogens with two attached hydrogens (primary N) is 1. The molecule has 0 saturated heterocycles. The Bertz CT molecular complexity index is 1150. The molecule has 0 amide bonds. The molecule has 0 radical (unpaired) electrons. The summed E-state index contributed by atoms with van der Waals surface area (Å²) in [5, 5.41) is 11.5. The fraction of sp³-hybridized carbons (Fsp3) is 0.261. The molecule has 3 rings (SSSR count). The topological polar surface area (TPSA) is 79.1 Å². The zero-order chi connectivity index (χ0) is 20.6. The normalized spacial score (nSPS) is 12.8. The van der Waals surface area contributed by atoms with Crippen molar-refractivity contribution in [2.45, 2.75) is 33.6 Å². The van der Waals surface area contributed by atoms with Gasteiger partial charge in [0.25, 0.3) is 5.56 Å². The SMILES string of the molecule is C/C=C\c1c(C)c(=O)[nH]c2c(C)cc(O)c(-c3ccc([C@H](C)CN)c(F)c3)c12. The Hall–Kier alpha value is -2.92. The molecule has 1 atom stereocenters. The molecule has 0 unspecified atom stereocenters. The van der Waals surface area contributed by atoms with Crippen molar-refractivity contribution in [1.29, 1.82) is 0 Å². The number of rotatable bonds is 4. The van der Waals surface area contributed by atoms with Crippen LogP contribution in [0.4, 0.5) is 4.39 Å². The van der Waals surface area contributed by atoms with Crippen molar-refractivity contribution in [1.82, 2.24) is 4.98 Å². The standard InChI is InChI=1S/C23H25FN2O2/c1-5-6-17-14(4)23(28)26-22-12(2)9-19(27)20(21(17)22)15-7-8-16(13(3)11-25)18(24)10-15/h5-10,13,27H,11,25H2,1-4H3,(H,26,28)/b6-5-/t13-/m1/s1. The van der Waals surface area contributed by atoms with Gasteiger partial charge in [0.05, 0.1) is 5.52 Å². The Morgan fingerprint density at radius 2 is 2.00 bits per heavy atom. The van der Waals surface area contributed by atoms with Crippen LogP contribution < -0.4 is 11.3 Å². The number of phenols is 1.